The van der Waals surface area contributed by atoms with E-state index in [1.807, 2.05) is 36.4 Å². The number of rotatable bonds is 3. The van der Waals surface area contributed by atoms with Gasteiger partial charge in [-0.1, -0.05) is 36.4 Å². The molecule has 3 rings (SSSR count). The molecule has 2 N–H and O–H groups in total. The molecule has 1 heterocycles. The molecule has 6 nitrogen and oxygen atoms in total. The van der Waals surface area contributed by atoms with Gasteiger partial charge in [0, 0.05) is 11.1 Å². The summed E-state index contributed by atoms with van der Waals surface area (Å²) in [5.74, 6) is -1.18. The lowest BCUT2D eigenvalue weighted by molar-refractivity contribution is -0.136. The molecule has 114 valence electrons. The predicted octanol–water partition coefficient (Wildman–Crippen LogP) is 2.52. The van der Waals surface area contributed by atoms with E-state index < -0.39 is 11.8 Å². The fraction of sp³-hybridized carbons (Fsp3) is 0. The van der Waals surface area contributed by atoms with Crippen LogP contribution in [-0.4, -0.2) is 18.0 Å². The van der Waals surface area contributed by atoms with Gasteiger partial charge in [-0.15, -0.1) is 0 Å². The van der Waals surface area contributed by atoms with Crippen molar-refractivity contribution < 1.29 is 14.0 Å². The lowest BCUT2D eigenvalue weighted by atomic mass is 10.1. The Balaban J connectivity index is 1.67. The van der Waals surface area contributed by atoms with Crippen LogP contribution in [0.5, 0.6) is 0 Å². The number of nitrogens with zero attached hydrogens (tertiary/aromatic N) is 1. The minimum atomic E-state index is -0.860. The zero-order valence-corrected chi connectivity index (χ0v) is 12.0. The molecule has 2 aromatic carbocycles. The van der Waals surface area contributed by atoms with Crippen molar-refractivity contribution in [1.29, 1.82) is 0 Å². The van der Waals surface area contributed by atoms with Gasteiger partial charge < -0.3 is 9.73 Å². The summed E-state index contributed by atoms with van der Waals surface area (Å²) < 4.78 is 5.02. The van der Waals surface area contributed by atoms with Crippen molar-refractivity contribution in [1.82, 2.24) is 5.43 Å². The second-order valence-corrected chi connectivity index (χ2v) is 4.70. The van der Waals surface area contributed by atoms with Crippen LogP contribution in [0.2, 0.25) is 0 Å². The third-order valence-corrected chi connectivity index (χ3v) is 3.15. The molecule has 1 aromatic heterocycles. The summed E-state index contributed by atoms with van der Waals surface area (Å²) in [7, 11) is 0. The number of nitrogens with one attached hydrogen (secondary N) is 2. The average Bonchev–Trinajstić information content (AvgIpc) is 3.08. The zero-order chi connectivity index (χ0) is 16.1. The van der Waals surface area contributed by atoms with Crippen LogP contribution in [-0.2, 0) is 9.59 Å². The minimum absolute atomic E-state index is 0.472. The third-order valence-electron chi connectivity index (χ3n) is 3.15. The van der Waals surface area contributed by atoms with E-state index in [4.69, 9.17) is 4.42 Å². The Morgan fingerprint density at radius 1 is 0.957 bits per heavy atom. The van der Waals surface area contributed by atoms with Gasteiger partial charge in [-0.2, -0.15) is 5.10 Å². The average molecular weight is 307 g/mol. The number of benzene rings is 2. The maximum atomic E-state index is 11.9. The predicted molar refractivity (Wildman–Crippen MR) is 87.0 cm³/mol. The first-order chi connectivity index (χ1) is 11.2. The molecule has 23 heavy (non-hydrogen) atoms. The molecule has 0 aliphatic rings. The van der Waals surface area contributed by atoms with Crippen molar-refractivity contribution in [3.63, 3.8) is 0 Å². The van der Waals surface area contributed by atoms with Gasteiger partial charge in [-0.3, -0.25) is 9.59 Å². The lowest BCUT2D eigenvalue weighted by Gasteiger charge is -2.07. The first kappa shape index (κ1) is 14.5. The second kappa shape index (κ2) is 6.57. The van der Waals surface area contributed by atoms with Gasteiger partial charge in [0.15, 0.2) is 0 Å². The Labute approximate surface area is 131 Å². The number of hydrazone groups is 1. The van der Waals surface area contributed by atoms with Gasteiger partial charge in [0.1, 0.15) is 5.76 Å². The Morgan fingerprint density at radius 2 is 1.78 bits per heavy atom. The number of carbonyl (C=O) groups excluding carboxylic acids is 2. The number of hydrogen-bond acceptors (Lipinski definition) is 4. The molecule has 3 aromatic rings. The normalized spacial score (nSPS) is 10.8. The molecule has 0 spiro atoms. The van der Waals surface area contributed by atoms with Crippen LogP contribution in [0.3, 0.4) is 0 Å². The molecule has 0 bridgehead atoms. The van der Waals surface area contributed by atoms with Crippen molar-refractivity contribution in [3.8, 4) is 0 Å². The Hall–Kier alpha value is -3.41. The van der Waals surface area contributed by atoms with Gasteiger partial charge in [-0.25, -0.2) is 5.43 Å². The number of anilines is 1. The molecule has 0 fully saturated rings. The van der Waals surface area contributed by atoms with Crippen molar-refractivity contribution in [3.05, 3.63) is 66.6 Å². The summed E-state index contributed by atoms with van der Waals surface area (Å²) in [6.45, 7) is 0. The monoisotopic (exact) mass is 307 g/mol. The molecule has 0 unspecified atom stereocenters. The fourth-order valence-electron chi connectivity index (χ4n) is 2.08. The summed E-state index contributed by atoms with van der Waals surface area (Å²) in [4.78, 5) is 23.7. The first-order valence-corrected chi connectivity index (χ1v) is 6.90. The van der Waals surface area contributed by atoms with Gasteiger partial charge in [0.05, 0.1) is 12.5 Å². The highest BCUT2D eigenvalue weighted by atomic mass is 16.3. The van der Waals surface area contributed by atoms with Crippen molar-refractivity contribution in [2.75, 3.05) is 5.32 Å². The van der Waals surface area contributed by atoms with Crippen LogP contribution >= 0.6 is 0 Å². The van der Waals surface area contributed by atoms with Crippen molar-refractivity contribution in [2.24, 2.45) is 5.10 Å². The van der Waals surface area contributed by atoms with E-state index >= 15 is 0 Å². The molecule has 0 saturated carbocycles. The van der Waals surface area contributed by atoms with Crippen molar-refractivity contribution >= 4 is 34.5 Å². The highest BCUT2D eigenvalue weighted by Crippen LogP contribution is 2.22. The second-order valence-electron chi connectivity index (χ2n) is 4.70. The zero-order valence-electron chi connectivity index (χ0n) is 12.0. The fourth-order valence-corrected chi connectivity index (χ4v) is 2.08. The number of furan rings is 1. The maximum absolute atomic E-state index is 11.9. The lowest BCUT2D eigenvalue weighted by Crippen LogP contribution is -2.32. The van der Waals surface area contributed by atoms with Gasteiger partial charge in [0.25, 0.3) is 0 Å². The van der Waals surface area contributed by atoms with Crippen molar-refractivity contribution in [2.45, 2.75) is 0 Å². The summed E-state index contributed by atoms with van der Waals surface area (Å²) in [6, 6.07) is 16.4. The molecule has 0 saturated heterocycles. The van der Waals surface area contributed by atoms with E-state index in [0.717, 1.165) is 10.8 Å². The van der Waals surface area contributed by atoms with Gasteiger partial charge in [0.2, 0.25) is 0 Å². The Bertz CT molecular complexity index is 864. The summed E-state index contributed by atoms with van der Waals surface area (Å²) >= 11 is 0. The molecule has 2 amide bonds. The number of hydrogen-bond donors (Lipinski definition) is 2. The van der Waals surface area contributed by atoms with E-state index in [2.05, 4.69) is 15.8 Å². The van der Waals surface area contributed by atoms with E-state index in [1.54, 1.807) is 18.2 Å². The van der Waals surface area contributed by atoms with E-state index in [1.165, 1.54) is 12.5 Å². The molecule has 6 heteroatoms. The summed E-state index contributed by atoms with van der Waals surface area (Å²) in [5, 5.41) is 8.07. The van der Waals surface area contributed by atoms with E-state index in [0.29, 0.717) is 11.4 Å². The standard InChI is InChI=1S/C17H13N3O3/c21-16(17(22)20-18-11-13-7-4-10-23-13)19-15-9-3-6-12-5-1-2-8-14(12)15/h1-11H,(H,19,21)(H,20,22)/b18-11-. The molecule has 0 radical (unpaired) electrons. The van der Waals surface area contributed by atoms with Gasteiger partial charge >= 0.3 is 11.8 Å². The van der Waals surface area contributed by atoms with Gasteiger partial charge in [-0.05, 0) is 23.6 Å². The number of fused-ring (bicyclic) bond motifs is 1. The van der Waals surface area contributed by atoms with Crippen LogP contribution in [0.1, 0.15) is 5.76 Å². The highest BCUT2D eigenvalue weighted by Gasteiger charge is 2.14. The Morgan fingerprint density at radius 3 is 2.61 bits per heavy atom. The third kappa shape index (κ3) is 3.44. The van der Waals surface area contributed by atoms with E-state index in [9.17, 15) is 9.59 Å². The highest BCUT2D eigenvalue weighted by molar-refractivity contribution is 6.40. The maximum Gasteiger partial charge on any atom is 0.329 e. The van der Waals surface area contributed by atoms with Crippen LogP contribution in [0.15, 0.2) is 70.4 Å². The molecule has 0 aliphatic carbocycles. The Kier molecular flexibility index (Phi) is 4.15. The molecule has 0 atom stereocenters. The summed E-state index contributed by atoms with van der Waals surface area (Å²) in [6.07, 6.45) is 2.79. The SMILES string of the molecule is O=C(N/N=C\c1ccco1)C(=O)Nc1cccc2ccccc12. The smallest absolute Gasteiger partial charge is 0.329 e. The minimum Gasteiger partial charge on any atom is -0.463 e. The first-order valence-electron chi connectivity index (χ1n) is 6.90. The van der Waals surface area contributed by atoms with Crippen LogP contribution in [0, 0.1) is 0 Å². The molecular weight excluding hydrogens is 294 g/mol. The molecular formula is C17H13N3O3. The van der Waals surface area contributed by atoms with Crippen LogP contribution in [0.25, 0.3) is 10.8 Å². The topological polar surface area (TPSA) is 83.7 Å². The summed E-state index contributed by atoms with van der Waals surface area (Å²) in [5.41, 5.74) is 2.72. The molecule has 0 aliphatic heterocycles. The number of amides is 2. The van der Waals surface area contributed by atoms with Crippen LogP contribution < -0.4 is 10.7 Å². The van der Waals surface area contributed by atoms with Crippen LogP contribution in [0.4, 0.5) is 5.69 Å². The van der Waals surface area contributed by atoms with E-state index in [-0.39, 0.29) is 0 Å². The number of carbonyl (C=O) groups is 2. The largest absolute Gasteiger partial charge is 0.463 e. The quantitative estimate of drug-likeness (QED) is 0.443.